The first-order valence-corrected chi connectivity index (χ1v) is 8.00. The van der Waals surface area contributed by atoms with Gasteiger partial charge in [-0.15, -0.1) is 0 Å². The quantitative estimate of drug-likeness (QED) is 0.508. The van der Waals surface area contributed by atoms with Crippen LogP contribution in [0.4, 0.5) is 0 Å². The Labute approximate surface area is 101 Å². The molecule has 0 aromatic heterocycles. The summed E-state index contributed by atoms with van der Waals surface area (Å²) in [6.45, 7) is 4.72. The second-order valence-corrected chi connectivity index (χ2v) is 5.20. The normalized spacial score (nSPS) is 10.8. The number of hydrogen-bond acceptors (Lipinski definition) is 2. The van der Waals surface area contributed by atoms with Crippen molar-refractivity contribution in [1.82, 2.24) is 5.32 Å². The molecular weight excluding hydrogens is 202 g/mol. The Kier molecular flexibility index (Phi) is 14.6. The molecule has 0 saturated carbocycles. The molecule has 0 spiro atoms. The van der Waals surface area contributed by atoms with Gasteiger partial charge in [0.1, 0.15) is 0 Å². The molecule has 0 aromatic carbocycles. The molecule has 0 atom stereocenters. The SMILES string of the molecule is CCCCCCNCCCCCCSC. The van der Waals surface area contributed by atoms with Crippen LogP contribution in [0.2, 0.25) is 0 Å². The summed E-state index contributed by atoms with van der Waals surface area (Å²) >= 11 is 1.97. The van der Waals surface area contributed by atoms with Gasteiger partial charge in [-0.2, -0.15) is 11.8 Å². The summed E-state index contributed by atoms with van der Waals surface area (Å²) < 4.78 is 0. The van der Waals surface area contributed by atoms with Crippen molar-refractivity contribution in [2.75, 3.05) is 25.1 Å². The van der Waals surface area contributed by atoms with E-state index in [0.29, 0.717) is 0 Å². The maximum Gasteiger partial charge on any atom is -0.00489 e. The molecule has 0 radical (unpaired) electrons. The van der Waals surface area contributed by atoms with E-state index >= 15 is 0 Å². The Morgan fingerprint density at radius 3 is 2.00 bits per heavy atom. The van der Waals surface area contributed by atoms with Crippen LogP contribution in [0.15, 0.2) is 0 Å². The van der Waals surface area contributed by atoms with Gasteiger partial charge in [-0.3, -0.25) is 0 Å². The molecule has 0 rings (SSSR count). The van der Waals surface area contributed by atoms with Crippen LogP contribution in [0.25, 0.3) is 0 Å². The van der Waals surface area contributed by atoms with Crippen molar-refractivity contribution in [3.8, 4) is 0 Å². The third-order valence-electron chi connectivity index (χ3n) is 2.66. The molecule has 0 aromatic rings. The molecule has 15 heavy (non-hydrogen) atoms. The predicted octanol–water partition coefficient (Wildman–Crippen LogP) is 4.08. The fraction of sp³-hybridized carbons (Fsp3) is 1.00. The maximum absolute atomic E-state index is 3.53. The van der Waals surface area contributed by atoms with Gasteiger partial charge in [0.2, 0.25) is 0 Å². The van der Waals surface area contributed by atoms with E-state index in [1.165, 1.54) is 70.2 Å². The summed E-state index contributed by atoms with van der Waals surface area (Å²) in [5.74, 6) is 1.34. The predicted molar refractivity (Wildman–Crippen MR) is 73.9 cm³/mol. The van der Waals surface area contributed by atoms with Crippen molar-refractivity contribution >= 4 is 11.8 Å². The highest BCUT2D eigenvalue weighted by Gasteiger charge is 1.91. The molecule has 2 heteroatoms. The molecule has 0 saturated heterocycles. The van der Waals surface area contributed by atoms with Gasteiger partial charge in [-0.25, -0.2) is 0 Å². The van der Waals surface area contributed by atoms with Crippen LogP contribution in [0, 0.1) is 0 Å². The average Bonchev–Trinajstić information content (AvgIpc) is 2.26. The summed E-state index contributed by atoms with van der Waals surface area (Å²) in [5, 5.41) is 3.53. The van der Waals surface area contributed by atoms with Gasteiger partial charge in [0.15, 0.2) is 0 Å². The lowest BCUT2D eigenvalue weighted by molar-refractivity contribution is 0.565. The molecule has 92 valence electrons. The number of nitrogens with one attached hydrogen (secondary N) is 1. The second-order valence-electron chi connectivity index (χ2n) is 4.22. The van der Waals surface area contributed by atoms with E-state index in [1.807, 2.05) is 11.8 Å². The van der Waals surface area contributed by atoms with Gasteiger partial charge in [0.25, 0.3) is 0 Å². The van der Waals surface area contributed by atoms with Crippen LogP contribution in [-0.4, -0.2) is 25.1 Å². The first-order chi connectivity index (χ1) is 7.41. The Bertz CT molecular complexity index is 94.7. The monoisotopic (exact) mass is 231 g/mol. The lowest BCUT2D eigenvalue weighted by atomic mass is 10.2. The van der Waals surface area contributed by atoms with E-state index < -0.39 is 0 Å². The van der Waals surface area contributed by atoms with Crippen molar-refractivity contribution in [1.29, 1.82) is 0 Å². The fourth-order valence-corrected chi connectivity index (χ4v) is 2.14. The lowest BCUT2D eigenvalue weighted by Crippen LogP contribution is -2.16. The minimum atomic E-state index is 1.23. The largest absolute Gasteiger partial charge is 0.317 e. The molecule has 1 N–H and O–H groups in total. The highest BCUT2D eigenvalue weighted by molar-refractivity contribution is 7.98. The van der Waals surface area contributed by atoms with Crippen molar-refractivity contribution in [3.63, 3.8) is 0 Å². The van der Waals surface area contributed by atoms with Gasteiger partial charge in [-0.05, 0) is 44.4 Å². The third kappa shape index (κ3) is 14.3. The summed E-state index contributed by atoms with van der Waals surface area (Å²) in [6.07, 6.45) is 13.3. The van der Waals surface area contributed by atoms with Crippen LogP contribution in [0.1, 0.15) is 58.3 Å². The summed E-state index contributed by atoms with van der Waals surface area (Å²) in [5.41, 5.74) is 0. The molecule has 0 bridgehead atoms. The van der Waals surface area contributed by atoms with Gasteiger partial charge in [0.05, 0.1) is 0 Å². The van der Waals surface area contributed by atoms with Crippen LogP contribution in [0.3, 0.4) is 0 Å². The molecule has 0 aliphatic carbocycles. The first kappa shape index (κ1) is 15.3. The van der Waals surface area contributed by atoms with Crippen molar-refractivity contribution in [2.45, 2.75) is 58.3 Å². The zero-order valence-corrected chi connectivity index (χ0v) is 11.5. The minimum absolute atomic E-state index is 1.23. The van der Waals surface area contributed by atoms with Crippen LogP contribution >= 0.6 is 11.8 Å². The lowest BCUT2D eigenvalue weighted by Gasteiger charge is -2.04. The molecule has 0 unspecified atom stereocenters. The van der Waals surface area contributed by atoms with Gasteiger partial charge in [0, 0.05) is 0 Å². The van der Waals surface area contributed by atoms with E-state index in [0.717, 1.165) is 0 Å². The van der Waals surface area contributed by atoms with Gasteiger partial charge < -0.3 is 5.32 Å². The molecule has 1 nitrogen and oxygen atoms in total. The Balaban J connectivity index is 2.81. The summed E-state index contributed by atoms with van der Waals surface area (Å²) in [4.78, 5) is 0. The second kappa shape index (κ2) is 14.3. The van der Waals surface area contributed by atoms with Crippen molar-refractivity contribution in [2.24, 2.45) is 0 Å². The van der Waals surface area contributed by atoms with Gasteiger partial charge >= 0.3 is 0 Å². The van der Waals surface area contributed by atoms with E-state index in [2.05, 4.69) is 18.5 Å². The van der Waals surface area contributed by atoms with Crippen molar-refractivity contribution in [3.05, 3.63) is 0 Å². The molecule has 0 fully saturated rings. The third-order valence-corrected chi connectivity index (χ3v) is 3.36. The zero-order valence-electron chi connectivity index (χ0n) is 10.7. The topological polar surface area (TPSA) is 12.0 Å². The number of unbranched alkanes of at least 4 members (excludes halogenated alkanes) is 6. The number of thioether (sulfide) groups is 1. The van der Waals surface area contributed by atoms with Crippen LogP contribution in [-0.2, 0) is 0 Å². The van der Waals surface area contributed by atoms with Crippen LogP contribution in [0.5, 0.6) is 0 Å². The number of rotatable bonds is 12. The molecular formula is C13H29NS. The smallest absolute Gasteiger partial charge is 0.00489 e. The highest BCUT2D eigenvalue weighted by Crippen LogP contribution is 2.04. The Morgan fingerprint density at radius 1 is 0.800 bits per heavy atom. The standard InChI is InChI=1S/C13H29NS/c1-3-4-5-8-11-14-12-9-6-7-10-13-15-2/h14H,3-13H2,1-2H3. The summed E-state index contributed by atoms with van der Waals surface area (Å²) in [7, 11) is 0. The van der Waals surface area contributed by atoms with E-state index in [-0.39, 0.29) is 0 Å². The Morgan fingerprint density at radius 2 is 1.40 bits per heavy atom. The zero-order chi connectivity index (χ0) is 11.2. The fourth-order valence-electron chi connectivity index (χ4n) is 1.65. The molecule has 0 amide bonds. The Hall–Kier alpha value is 0.310. The molecule has 0 aliphatic rings. The number of hydrogen-bond donors (Lipinski definition) is 1. The van der Waals surface area contributed by atoms with E-state index in [1.54, 1.807) is 0 Å². The summed E-state index contributed by atoms with van der Waals surface area (Å²) in [6, 6.07) is 0. The molecule has 0 heterocycles. The van der Waals surface area contributed by atoms with E-state index in [9.17, 15) is 0 Å². The van der Waals surface area contributed by atoms with Gasteiger partial charge in [-0.1, -0.05) is 39.0 Å². The minimum Gasteiger partial charge on any atom is -0.317 e. The van der Waals surface area contributed by atoms with Crippen LogP contribution < -0.4 is 5.32 Å². The average molecular weight is 231 g/mol. The maximum atomic E-state index is 3.53. The molecule has 0 aliphatic heterocycles. The highest BCUT2D eigenvalue weighted by atomic mass is 32.2. The van der Waals surface area contributed by atoms with Crippen molar-refractivity contribution < 1.29 is 0 Å². The first-order valence-electron chi connectivity index (χ1n) is 6.61. The van der Waals surface area contributed by atoms with E-state index in [4.69, 9.17) is 0 Å².